The summed E-state index contributed by atoms with van der Waals surface area (Å²) in [5, 5.41) is 2.87. The van der Waals surface area contributed by atoms with Crippen molar-refractivity contribution in [2.75, 3.05) is 19.7 Å². The standard InChI is InChI=1S/C13H19F2N3O.HI/c1-9(2)8-18-13(16)17-5-6-19-10-3-4-11(14)12(15)7-10;/h3-4,7,9H,5-6,8H2,1-2H3,(H3,16,17,18);1H. The lowest BCUT2D eigenvalue weighted by atomic mass is 10.2. The van der Waals surface area contributed by atoms with Crippen LogP contribution < -0.4 is 15.8 Å². The molecule has 0 aliphatic carbocycles. The van der Waals surface area contributed by atoms with Crippen LogP contribution in [0.5, 0.6) is 5.75 Å². The van der Waals surface area contributed by atoms with Crippen LogP contribution in [0.25, 0.3) is 0 Å². The lowest BCUT2D eigenvalue weighted by Crippen LogP contribution is -2.35. The summed E-state index contributed by atoms with van der Waals surface area (Å²) in [7, 11) is 0. The number of guanidine groups is 1. The maximum absolute atomic E-state index is 12.9. The number of halogens is 3. The number of ether oxygens (including phenoxy) is 1. The number of aliphatic imine (C=N–C) groups is 1. The average Bonchev–Trinajstić information content (AvgIpc) is 2.36. The van der Waals surface area contributed by atoms with Gasteiger partial charge in [-0.05, 0) is 18.1 Å². The van der Waals surface area contributed by atoms with Crippen LogP contribution in [0.4, 0.5) is 8.78 Å². The van der Waals surface area contributed by atoms with Crippen molar-refractivity contribution in [2.24, 2.45) is 16.6 Å². The molecule has 0 saturated carbocycles. The summed E-state index contributed by atoms with van der Waals surface area (Å²) in [5.74, 6) is -0.751. The predicted octanol–water partition coefficient (Wildman–Crippen LogP) is 2.52. The summed E-state index contributed by atoms with van der Waals surface area (Å²) in [6.45, 7) is 5.46. The number of nitrogens with zero attached hydrogens (tertiary/aromatic N) is 1. The summed E-state index contributed by atoms with van der Waals surface area (Å²) in [6.07, 6.45) is 0. The molecule has 0 heterocycles. The molecule has 0 fully saturated rings. The summed E-state index contributed by atoms with van der Waals surface area (Å²) >= 11 is 0. The van der Waals surface area contributed by atoms with E-state index in [4.69, 9.17) is 10.5 Å². The van der Waals surface area contributed by atoms with Gasteiger partial charge in [0.25, 0.3) is 0 Å². The molecule has 4 nitrogen and oxygen atoms in total. The van der Waals surface area contributed by atoms with Gasteiger partial charge in [-0.1, -0.05) is 13.8 Å². The van der Waals surface area contributed by atoms with E-state index in [-0.39, 0.29) is 36.3 Å². The van der Waals surface area contributed by atoms with Crippen LogP contribution in [0.15, 0.2) is 23.2 Å². The van der Waals surface area contributed by atoms with Crippen LogP contribution in [-0.2, 0) is 0 Å². The first-order valence-electron chi connectivity index (χ1n) is 6.10. The molecule has 0 aliphatic heterocycles. The summed E-state index contributed by atoms with van der Waals surface area (Å²) in [4.78, 5) is 4.11. The van der Waals surface area contributed by atoms with Gasteiger partial charge in [-0.3, -0.25) is 4.99 Å². The van der Waals surface area contributed by atoms with Crippen LogP contribution in [-0.4, -0.2) is 25.7 Å². The van der Waals surface area contributed by atoms with E-state index >= 15 is 0 Å². The smallest absolute Gasteiger partial charge is 0.188 e. The third-order valence-corrected chi connectivity index (χ3v) is 2.19. The monoisotopic (exact) mass is 399 g/mol. The van der Waals surface area contributed by atoms with Gasteiger partial charge in [0.2, 0.25) is 0 Å². The van der Waals surface area contributed by atoms with Crippen molar-refractivity contribution in [3.8, 4) is 5.75 Å². The van der Waals surface area contributed by atoms with Crippen molar-refractivity contribution in [2.45, 2.75) is 13.8 Å². The molecule has 0 unspecified atom stereocenters. The zero-order chi connectivity index (χ0) is 14.3. The number of rotatable bonds is 6. The molecule has 0 spiro atoms. The zero-order valence-corrected chi connectivity index (χ0v) is 13.9. The summed E-state index contributed by atoms with van der Waals surface area (Å²) in [5.41, 5.74) is 5.62. The molecule has 7 heteroatoms. The largest absolute Gasteiger partial charge is 0.492 e. The number of nitrogens with one attached hydrogen (secondary N) is 1. The third kappa shape index (κ3) is 7.46. The highest BCUT2D eigenvalue weighted by Gasteiger charge is 2.02. The lowest BCUT2D eigenvalue weighted by Gasteiger charge is -2.08. The van der Waals surface area contributed by atoms with E-state index in [1.54, 1.807) is 0 Å². The molecule has 1 aromatic rings. The van der Waals surface area contributed by atoms with Gasteiger partial charge < -0.3 is 15.8 Å². The minimum atomic E-state index is -0.927. The van der Waals surface area contributed by atoms with Crippen molar-refractivity contribution in [3.05, 3.63) is 29.8 Å². The third-order valence-electron chi connectivity index (χ3n) is 2.19. The Morgan fingerprint density at radius 2 is 2.05 bits per heavy atom. The van der Waals surface area contributed by atoms with Crippen LogP contribution in [0.3, 0.4) is 0 Å². The van der Waals surface area contributed by atoms with Gasteiger partial charge in [0.1, 0.15) is 12.4 Å². The normalized spacial score (nSPS) is 11.2. The topological polar surface area (TPSA) is 59.6 Å². The number of benzene rings is 1. The Balaban J connectivity index is 0.00000361. The molecular formula is C13H20F2IN3O. The van der Waals surface area contributed by atoms with Crippen LogP contribution in [0, 0.1) is 17.6 Å². The fourth-order valence-electron chi connectivity index (χ4n) is 1.25. The molecule has 114 valence electrons. The maximum Gasteiger partial charge on any atom is 0.188 e. The Kier molecular flexibility index (Phi) is 9.19. The second-order valence-electron chi connectivity index (χ2n) is 4.47. The maximum atomic E-state index is 12.9. The minimum absolute atomic E-state index is 0. The highest BCUT2D eigenvalue weighted by atomic mass is 127. The van der Waals surface area contributed by atoms with E-state index < -0.39 is 11.6 Å². The first-order chi connectivity index (χ1) is 8.99. The highest BCUT2D eigenvalue weighted by molar-refractivity contribution is 14.0. The molecule has 1 aromatic carbocycles. The quantitative estimate of drug-likeness (QED) is 0.335. The Bertz CT molecular complexity index is 442. The molecular weight excluding hydrogens is 379 g/mol. The molecule has 3 N–H and O–H groups in total. The molecule has 0 aromatic heterocycles. The van der Waals surface area contributed by atoms with Gasteiger partial charge in [-0.2, -0.15) is 0 Å². The molecule has 0 radical (unpaired) electrons. The van der Waals surface area contributed by atoms with Crippen molar-refractivity contribution in [3.63, 3.8) is 0 Å². The van der Waals surface area contributed by atoms with Crippen molar-refractivity contribution >= 4 is 29.9 Å². The predicted molar refractivity (Wildman–Crippen MR) is 86.6 cm³/mol. The Hall–Kier alpha value is -1.12. The van der Waals surface area contributed by atoms with E-state index in [9.17, 15) is 8.78 Å². The van der Waals surface area contributed by atoms with E-state index in [0.717, 1.165) is 12.1 Å². The average molecular weight is 399 g/mol. The Morgan fingerprint density at radius 1 is 1.35 bits per heavy atom. The highest BCUT2D eigenvalue weighted by Crippen LogP contribution is 2.14. The molecule has 20 heavy (non-hydrogen) atoms. The van der Waals surface area contributed by atoms with Gasteiger partial charge in [-0.15, -0.1) is 24.0 Å². The van der Waals surface area contributed by atoms with E-state index in [1.165, 1.54) is 6.07 Å². The fourth-order valence-corrected chi connectivity index (χ4v) is 1.25. The molecule has 0 atom stereocenters. The lowest BCUT2D eigenvalue weighted by molar-refractivity contribution is 0.319. The summed E-state index contributed by atoms with van der Waals surface area (Å²) < 4.78 is 30.8. The van der Waals surface area contributed by atoms with Crippen LogP contribution >= 0.6 is 24.0 Å². The van der Waals surface area contributed by atoms with Gasteiger partial charge in [0.15, 0.2) is 17.6 Å². The number of hydrogen-bond acceptors (Lipinski definition) is 2. The Morgan fingerprint density at radius 3 is 2.65 bits per heavy atom. The first-order valence-corrected chi connectivity index (χ1v) is 6.10. The van der Waals surface area contributed by atoms with Gasteiger partial charge in [0.05, 0.1) is 6.54 Å². The van der Waals surface area contributed by atoms with E-state index in [1.807, 2.05) is 13.8 Å². The number of nitrogens with two attached hydrogens (primary N) is 1. The molecule has 0 bridgehead atoms. The van der Waals surface area contributed by atoms with Crippen molar-refractivity contribution < 1.29 is 13.5 Å². The molecule has 0 saturated heterocycles. The second-order valence-corrected chi connectivity index (χ2v) is 4.47. The van der Waals surface area contributed by atoms with Crippen LogP contribution in [0.2, 0.25) is 0 Å². The first kappa shape index (κ1) is 18.9. The second kappa shape index (κ2) is 9.73. The van der Waals surface area contributed by atoms with Gasteiger partial charge >= 0.3 is 0 Å². The van der Waals surface area contributed by atoms with Gasteiger partial charge in [0, 0.05) is 12.6 Å². The van der Waals surface area contributed by atoms with Gasteiger partial charge in [-0.25, -0.2) is 8.78 Å². The summed E-state index contributed by atoms with van der Waals surface area (Å²) in [6, 6.07) is 3.40. The van der Waals surface area contributed by atoms with Crippen molar-refractivity contribution in [1.29, 1.82) is 0 Å². The minimum Gasteiger partial charge on any atom is -0.492 e. The van der Waals surface area contributed by atoms with E-state index in [2.05, 4.69) is 10.3 Å². The molecule has 0 aliphatic rings. The van der Waals surface area contributed by atoms with E-state index in [0.29, 0.717) is 25.0 Å². The fraction of sp³-hybridized carbons (Fsp3) is 0.462. The Labute approximate surface area is 134 Å². The molecule has 1 rings (SSSR count). The number of hydrogen-bond donors (Lipinski definition) is 2. The van der Waals surface area contributed by atoms with Crippen LogP contribution in [0.1, 0.15) is 13.8 Å². The molecule has 0 amide bonds. The van der Waals surface area contributed by atoms with Crippen molar-refractivity contribution in [1.82, 2.24) is 5.32 Å². The zero-order valence-electron chi connectivity index (χ0n) is 11.5. The SMILES string of the molecule is CC(C)CN=C(N)NCCOc1ccc(F)c(F)c1.I.